The Hall–Kier alpha value is -1.46. The molecule has 0 spiro atoms. The van der Waals surface area contributed by atoms with E-state index < -0.39 is 24.6 Å². The van der Waals surface area contributed by atoms with Gasteiger partial charge in [-0.2, -0.15) is 0 Å². The molecule has 0 heterocycles. The second-order valence-corrected chi connectivity index (χ2v) is 8.64. The van der Waals surface area contributed by atoms with Crippen molar-refractivity contribution in [2.45, 2.75) is 59.2 Å². The van der Waals surface area contributed by atoms with E-state index >= 15 is 0 Å². The highest BCUT2D eigenvalue weighted by molar-refractivity contribution is 6.35. The largest absolute Gasteiger partial charge is 0.477 e. The van der Waals surface area contributed by atoms with Crippen molar-refractivity contribution in [2.24, 2.45) is 17.8 Å². The third-order valence-electron chi connectivity index (χ3n) is 5.11. The molecule has 1 aromatic carbocycles. The summed E-state index contributed by atoms with van der Waals surface area (Å²) in [4.78, 5) is 24.3. The second kappa shape index (κ2) is 10.4. The van der Waals surface area contributed by atoms with Crippen LogP contribution in [0.2, 0.25) is 10.0 Å². The minimum absolute atomic E-state index is 0.128. The summed E-state index contributed by atoms with van der Waals surface area (Å²) in [6.07, 6.45) is 1.98. The summed E-state index contributed by atoms with van der Waals surface area (Å²) < 4.78 is 16.2. The number of carbonyl (C=O) groups excluding carboxylic acids is 2. The van der Waals surface area contributed by atoms with E-state index in [0.29, 0.717) is 28.5 Å². The van der Waals surface area contributed by atoms with Crippen molar-refractivity contribution in [1.82, 2.24) is 0 Å². The molecule has 0 aliphatic heterocycles. The third kappa shape index (κ3) is 6.56. The van der Waals surface area contributed by atoms with Gasteiger partial charge in [0.1, 0.15) is 11.9 Å². The summed E-state index contributed by atoms with van der Waals surface area (Å²) in [5.41, 5.74) is 0. The van der Waals surface area contributed by atoms with Gasteiger partial charge in [-0.15, -0.1) is 0 Å². The zero-order valence-electron chi connectivity index (χ0n) is 16.7. The Morgan fingerprint density at radius 1 is 1.18 bits per heavy atom. The van der Waals surface area contributed by atoms with Crippen LogP contribution in [0.3, 0.4) is 0 Å². The lowest BCUT2D eigenvalue weighted by Crippen LogP contribution is -2.37. The van der Waals surface area contributed by atoms with Crippen LogP contribution in [0, 0.1) is 17.8 Å². The summed E-state index contributed by atoms with van der Waals surface area (Å²) in [5, 5.41) is 0.754. The van der Waals surface area contributed by atoms with E-state index in [1.165, 1.54) is 13.0 Å². The maximum absolute atomic E-state index is 12.2. The van der Waals surface area contributed by atoms with Gasteiger partial charge in [0.2, 0.25) is 0 Å². The van der Waals surface area contributed by atoms with Gasteiger partial charge in [0.05, 0.1) is 5.02 Å². The number of ether oxygens (including phenoxy) is 3. The Kier molecular flexibility index (Phi) is 8.44. The minimum atomic E-state index is -0.926. The molecule has 0 amide bonds. The smallest absolute Gasteiger partial charge is 0.347 e. The van der Waals surface area contributed by atoms with Gasteiger partial charge in [-0.05, 0) is 55.7 Å². The third-order valence-corrected chi connectivity index (χ3v) is 5.64. The Morgan fingerprint density at radius 2 is 1.89 bits per heavy atom. The van der Waals surface area contributed by atoms with Crippen LogP contribution in [-0.4, -0.2) is 30.8 Å². The maximum atomic E-state index is 12.2. The fourth-order valence-corrected chi connectivity index (χ4v) is 3.96. The van der Waals surface area contributed by atoms with Gasteiger partial charge < -0.3 is 14.2 Å². The molecule has 156 valence electrons. The number of benzene rings is 1. The summed E-state index contributed by atoms with van der Waals surface area (Å²) in [6, 6.07) is 4.69. The molecule has 0 unspecified atom stereocenters. The summed E-state index contributed by atoms with van der Waals surface area (Å²) in [6.45, 7) is 7.54. The Labute approximate surface area is 176 Å². The van der Waals surface area contributed by atoms with Crippen molar-refractivity contribution in [3.8, 4) is 5.75 Å². The fraction of sp³-hybridized carbons (Fsp3) is 0.619. The molecule has 0 aromatic heterocycles. The van der Waals surface area contributed by atoms with Crippen molar-refractivity contribution in [3.63, 3.8) is 0 Å². The van der Waals surface area contributed by atoms with E-state index in [9.17, 15) is 9.59 Å². The fourth-order valence-electron chi connectivity index (χ4n) is 3.51. The number of halogens is 2. The van der Waals surface area contributed by atoms with Crippen molar-refractivity contribution in [2.75, 3.05) is 6.61 Å². The predicted octanol–water partition coefficient (Wildman–Crippen LogP) is 5.31. The van der Waals surface area contributed by atoms with E-state index in [1.54, 1.807) is 12.1 Å². The first-order valence-electron chi connectivity index (χ1n) is 9.65. The van der Waals surface area contributed by atoms with E-state index in [2.05, 4.69) is 20.8 Å². The van der Waals surface area contributed by atoms with Gasteiger partial charge in [0.25, 0.3) is 0 Å². The Bertz CT molecular complexity index is 691. The average molecular weight is 431 g/mol. The molecule has 1 aliphatic rings. The molecule has 0 radical (unpaired) electrons. The number of esters is 2. The van der Waals surface area contributed by atoms with Crippen molar-refractivity contribution in [1.29, 1.82) is 0 Å². The van der Waals surface area contributed by atoms with Gasteiger partial charge in [-0.1, -0.05) is 50.4 Å². The number of hydrogen-bond donors (Lipinski definition) is 0. The van der Waals surface area contributed by atoms with Crippen LogP contribution in [0.1, 0.15) is 47.0 Å². The van der Waals surface area contributed by atoms with Gasteiger partial charge >= 0.3 is 11.9 Å². The van der Waals surface area contributed by atoms with Crippen LogP contribution < -0.4 is 4.74 Å². The number of hydrogen-bond acceptors (Lipinski definition) is 5. The molecule has 4 atom stereocenters. The van der Waals surface area contributed by atoms with Crippen LogP contribution in [0.25, 0.3) is 0 Å². The Morgan fingerprint density at radius 3 is 2.54 bits per heavy atom. The van der Waals surface area contributed by atoms with E-state index in [-0.39, 0.29) is 11.1 Å². The highest BCUT2D eigenvalue weighted by Crippen LogP contribution is 2.35. The SMILES string of the molecule is CC(C)[C@H]1CC[C@@H](C)C[C@H]1OC(=O)COC(=O)[C@H](C)Oc1ccc(Cl)cc1Cl. The van der Waals surface area contributed by atoms with Gasteiger partial charge in [-0.3, -0.25) is 0 Å². The Balaban J connectivity index is 1.83. The van der Waals surface area contributed by atoms with Crippen molar-refractivity contribution < 1.29 is 23.8 Å². The second-order valence-electron chi connectivity index (χ2n) is 7.80. The summed E-state index contributed by atoms with van der Waals surface area (Å²) in [7, 11) is 0. The summed E-state index contributed by atoms with van der Waals surface area (Å²) in [5.74, 6) is 0.410. The molecule has 1 fully saturated rings. The van der Waals surface area contributed by atoms with Crippen LogP contribution in [0.15, 0.2) is 18.2 Å². The molecule has 2 rings (SSSR count). The first-order valence-corrected chi connectivity index (χ1v) is 10.4. The van der Waals surface area contributed by atoms with Crippen LogP contribution in [0.5, 0.6) is 5.75 Å². The molecule has 1 saturated carbocycles. The molecule has 5 nitrogen and oxygen atoms in total. The number of rotatable bonds is 7. The van der Waals surface area contributed by atoms with Crippen molar-refractivity contribution in [3.05, 3.63) is 28.2 Å². The molecule has 7 heteroatoms. The molecule has 28 heavy (non-hydrogen) atoms. The predicted molar refractivity (Wildman–Crippen MR) is 109 cm³/mol. The lowest BCUT2D eigenvalue weighted by molar-refractivity contribution is -0.169. The van der Waals surface area contributed by atoms with E-state index in [1.807, 2.05) is 0 Å². The van der Waals surface area contributed by atoms with Gasteiger partial charge in [0.15, 0.2) is 12.7 Å². The lowest BCUT2D eigenvalue weighted by atomic mass is 9.75. The van der Waals surface area contributed by atoms with Crippen LogP contribution >= 0.6 is 23.2 Å². The normalized spacial score (nSPS) is 23.2. The zero-order chi connectivity index (χ0) is 20.8. The highest BCUT2D eigenvalue weighted by atomic mass is 35.5. The number of carbonyl (C=O) groups is 2. The van der Waals surface area contributed by atoms with Crippen molar-refractivity contribution >= 4 is 35.1 Å². The topological polar surface area (TPSA) is 61.8 Å². The van der Waals surface area contributed by atoms with E-state index in [0.717, 1.165) is 19.3 Å². The monoisotopic (exact) mass is 430 g/mol. The van der Waals surface area contributed by atoms with E-state index in [4.69, 9.17) is 37.4 Å². The average Bonchev–Trinajstić information content (AvgIpc) is 2.61. The zero-order valence-corrected chi connectivity index (χ0v) is 18.3. The molecule has 1 aromatic rings. The lowest BCUT2D eigenvalue weighted by Gasteiger charge is -2.36. The van der Waals surface area contributed by atoms with Crippen LogP contribution in [-0.2, 0) is 19.1 Å². The quantitative estimate of drug-likeness (QED) is 0.548. The van der Waals surface area contributed by atoms with Crippen LogP contribution in [0.4, 0.5) is 0 Å². The van der Waals surface area contributed by atoms with Gasteiger partial charge in [-0.25, -0.2) is 9.59 Å². The molecule has 0 saturated heterocycles. The molecule has 0 bridgehead atoms. The molecule has 0 N–H and O–H groups in total. The molecular weight excluding hydrogens is 403 g/mol. The van der Waals surface area contributed by atoms with Gasteiger partial charge in [0, 0.05) is 5.02 Å². The summed E-state index contributed by atoms with van der Waals surface area (Å²) >= 11 is 11.9. The standard InChI is InChI=1S/C21H28Cl2O5/c1-12(2)16-7-5-13(3)9-19(16)28-20(24)11-26-21(25)14(4)27-18-8-6-15(22)10-17(18)23/h6,8,10,12-14,16,19H,5,7,9,11H2,1-4H3/t13-,14+,16-,19-/m1/s1. The molecular formula is C21H28Cl2O5. The first kappa shape index (κ1) is 22.8. The highest BCUT2D eigenvalue weighted by Gasteiger charge is 2.33. The minimum Gasteiger partial charge on any atom is -0.477 e. The maximum Gasteiger partial charge on any atom is 0.347 e. The molecule has 1 aliphatic carbocycles. The first-order chi connectivity index (χ1) is 13.2.